The van der Waals surface area contributed by atoms with Crippen LogP contribution in [0.4, 0.5) is 0 Å². The van der Waals surface area contributed by atoms with Crippen LogP contribution in [0.5, 0.6) is 0 Å². The topological polar surface area (TPSA) is 68.3 Å². The van der Waals surface area contributed by atoms with Crippen LogP contribution in [0.2, 0.25) is 10.0 Å². The van der Waals surface area contributed by atoms with Crippen LogP contribution < -0.4 is 5.32 Å². The van der Waals surface area contributed by atoms with Gasteiger partial charge in [0.15, 0.2) is 0 Å². The first-order valence-electron chi connectivity index (χ1n) is 6.75. The second-order valence-electron chi connectivity index (χ2n) is 4.70. The van der Waals surface area contributed by atoms with Gasteiger partial charge in [-0.1, -0.05) is 35.3 Å². The summed E-state index contributed by atoms with van der Waals surface area (Å²) in [6.45, 7) is 0. The minimum Gasteiger partial charge on any atom is -0.467 e. The van der Waals surface area contributed by atoms with E-state index < -0.39 is 17.9 Å². The smallest absolute Gasteiger partial charge is 0.328 e. The lowest BCUT2D eigenvalue weighted by Gasteiger charge is -2.17. The first-order valence-corrected chi connectivity index (χ1v) is 7.50. The van der Waals surface area contributed by atoms with Gasteiger partial charge in [0.1, 0.15) is 11.7 Å². The number of hydrogen-bond acceptors (Lipinski definition) is 4. The monoisotopic (exact) mass is 352 g/mol. The Morgan fingerprint density at radius 3 is 2.65 bits per heavy atom. The number of nitrogens with zero attached hydrogens (tertiary/aromatic N) is 1. The van der Waals surface area contributed by atoms with Crippen LogP contribution in [0, 0.1) is 0 Å². The van der Waals surface area contributed by atoms with E-state index in [9.17, 15) is 9.59 Å². The molecule has 5 nitrogen and oxygen atoms in total. The van der Waals surface area contributed by atoms with Gasteiger partial charge in [-0.25, -0.2) is 4.79 Å². The second kappa shape index (κ2) is 7.94. The number of pyridine rings is 1. The number of carbonyl (C=O) groups is 2. The average Bonchev–Trinajstić information content (AvgIpc) is 2.56. The van der Waals surface area contributed by atoms with Gasteiger partial charge in [-0.3, -0.25) is 9.78 Å². The van der Waals surface area contributed by atoms with Crippen molar-refractivity contribution in [2.24, 2.45) is 0 Å². The van der Waals surface area contributed by atoms with E-state index in [-0.39, 0.29) is 12.1 Å². The third-order valence-corrected chi connectivity index (χ3v) is 3.71. The van der Waals surface area contributed by atoms with E-state index in [2.05, 4.69) is 10.3 Å². The number of aromatic nitrogens is 1. The van der Waals surface area contributed by atoms with Crippen molar-refractivity contribution in [2.75, 3.05) is 7.11 Å². The Morgan fingerprint density at radius 2 is 2.04 bits per heavy atom. The zero-order valence-electron chi connectivity index (χ0n) is 12.3. The number of nitrogens with one attached hydrogen (secondary N) is 1. The lowest BCUT2D eigenvalue weighted by molar-refractivity contribution is -0.142. The van der Waals surface area contributed by atoms with E-state index in [1.165, 1.54) is 13.3 Å². The highest BCUT2D eigenvalue weighted by Crippen LogP contribution is 2.22. The van der Waals surface area contributed by atoms with Gasteiger partial charge in [-0.2, -0.15) is 0 Å². The zero-order chi connectivity index (χ0) is 16.8. The van der Waals surface area contributed by atoms with Crippen LogP contribution in [-0.2, 0) is 16.0 Å². The quantitative estimate of drug-likeness (QED) is 0.840. The predicted octanol–water partition coefficient (Wildman–Crippen LogP) is 2.90. The second-order valence-corrected chi connectivity index (χ2v) is 5.55. The molecule has 0 unspecified atom stereocenters. The molecule has 1 aromatic heterocycles. The molecule has 0 aliphatic carbocycles. The summed E-state index contributed by atoms with van der Waals surface area (Å²) >= 11 is 12.0. The van der Waals surface area contributed by atoms with E-state index in [1.807, 2.05) is 0 Å². The Kier molecular flexibility index (Phi) is 5.96. The highest BCUT2D eigenvalue weighted by atomic mass is 35.5. The Balaban J connectivity index is 2.17. The fourth-order valence-electron chi connectivity index (χ4n) is 1.97. The van der Waals surface area contributed by atoms with E-state index in [4.69, 9.17) is 27.9 Å². The minimum absolute atomic E-state index is 0.182. The van der Waals surface area contributed by atoms with Crippen LogP contribution in [0.25, 0.3) is 0 Å². The fourth-order valence-corrected chi connectivity index (χ4v) is 2.46. The van der Waals surface area contributed by atoms with Crippen molar-refractivity contribution < 1.29 is 14.3 Å². The van der Waals surface area contributed by atoms with Crippen LogP contribution in [0.15, 0.2) is 42.6 Å². The van der Waals surface area contributed by atoms with Crippen molar-refractivity contribution >= 4 is 35.1 Å². The molecule has 0 bridgehead atoms. The molecule has 2 rings (SSSR count). The third kappa shape index (κ3) is 4.68. The van der Waals surface area contributed by atoms with E-state index in [0.29, 0.717) is 15.6 Å². The molecule has 0 spiro atoms. The summed E-state index contributed by atoms with van der Waals surface area (Å²) < 4.78 is 4.74. The maximum Gasteiger partial charge on any atom is 0.328 e. The van der Waals surface area contributed by atoms with Gasteiger partial charge in [0.05, 0.1) is 7.11 Å². The summed E-state index contributed by atoms with van der Waals surface area (Å²) in [6.07, 6.45) is 1.68. The van der Waals surface area contributed by atoms with Crippen molar-refractivity contribution in [1.82, 2.24) is 10.3 Å². The molecule has 23 heavy (non-hydrogen) atoms. The number of ether oxygens (including phenoxy) is 1. The Morgan fingerprint density at radius 1 is 1.26 bits per heavy atom. The molecule has 0 aliphatic heterocycles. The first kappa shape index (κ1) is 17.2. The molecular weight excluding hydrogens is 339 g/mol. The van der Waals surface area contributed by atoms with Crippen molar-refractivity contribution in [1.29, 1.82) is 0 Å². The number of esters is 1. The largest absolute Gasteiger partial charge is 0.467 e. The zero-order valence-corrected chi connectivity index (χ0v) is 13.8. The van der Waals surface area contributed by atoms with Crippen molar-refractivity contribution in [3.05, 3.63) is 63.9 Å². The third-order valence-electron chi connectivity index (χ3n) is 3.13. The van der Waals surface area contributed by atoms with Gasteiger partial charge >= 0.3 is 5.97 Å². The molecule has 0 saturated heterocycles. The maximum atomic E-state index is 12.2. The van der Waals surface area contributed by atoms with Crippen LogP contribution in [0.1, 0.15) is 16.1 Å². The number of rotatable bonds is 5. The molecule has 0 saturated carbocycles. The number of benzene rings is 1. The summed E-state index contributed by atoms with van der Waals surface area (Å²) in [6, 6.07) is 9.00. The van der Waals surface area contributed by atoms with Gasteiger partial charge < -0.3 is 10.1 Å². The predicted molar refractivity (Wildman–Crippen MR) is 87.7 cm³/mol. The van der Waals surface area contributed by atoms with E-state index in [0.717, 1.165) is 0 Å². The number of methoxy groups -OCH3 is 1. The van der Waals surface area contributed by atoms with Crippen molar-refractivity contribution in [2.45, 2.75) is 12.5 Å². The summed E-state index contributed by atoms with van der Waals surface area (Å²) in [5, 5.41) is 3.51. The molecule has 0 aliphatic rings. The molecule has 1 atom stereocenters. The van der Waals surface area contributed by atoms with Crippen LogP contribution in [-0.4, -0.2) is 30.0 Å². The first-order chi connectivity index (χ1) is 11.0. The number of halogens is 2. The number of amides is 1. The van der Waals surface area contributed by atoms with Crippen molar-refractivity contribution in [3.63, 3.8) is 0 Å². The fraction of sp³-hybridized carbons (Fsp3) is 0.188. The molecule has 1 heterocycles. The molecular formula is C16H14Cl2N2O3. The summed E-state index contributed by atoms with van der Waals surface area (Å²) in [5.41, 5.74) is 0.886. The Hall–Kier alpha value is -2.11. The normalized spacial score (nSPS) is 11.6. The summed E-state index contributed by atoms with van der Waals surface area (Å²) in [7, 11) is 1.26. The molecule has 120 valence electrons. The lowest BCUT2D eigenvalue weighted by atomic mass is 10.1. The number of hydrogen-bond donors (Lipinski definition) is 1. The molecule has 0 fully saturated rings. The number of carbonyl (C=O) groups excluding carboxylic acids is 2. The summed E-state index contributed by atoms with van der Waals surface area (Å²) in [4.78, 5) is 28.0. The highest BCUT2D eigenvalue weighted by Gasteiger charge is 2.24. The van der Waals surface area contributed by atoms with Gasteiger partial charge in [-0.05, 0) is 29.8 Å². The van der Waals surface area contributed by atoms with Crippen LogP contribution >= 0.6 is 23.2 Å². The van der Waals surface area contributed by atoms with E-state index in [1.54, 1.807) is 36.4 Å². The molecule has 0 radical (unpaired) electrons. The van der Waals surface area contributed by atoms with Crippen molar-refractivity contribution in [3.8, 4) is 0 Å². The SMILES string of the molecule is COC(=O)[C@H](Cc1ccc(Cl)cc1Cl)NC(=O)c1ccccn1. The molecule has 1 N–H and O–H groups in total. The standard InChI is InChI=1S/C16H14Cl2N2O3/c1-23-16(22)14(8-10-5-6-11(17)9-12(10)18)20-15(21)13-4-2-3-7-19-13/h2-7,9,14H,8H2,1H3,(H,20,21)/t14-/m0/s1. The molecule has 1 aromatic carbocycles. The average molecular weight is 353 g/mol. The Labute approximate surface area is 143 Å². The van der Waals surface area contributed by atoms with Crippen LogP contribution in [0.3, 0.4) is 0 Å². The highest BCUT2D eigenvalue weighted by molar-refractivity contribution is 6.35. The van der Waals surface area contributed by atoms with Gasteiger partial charge in [-0.15, -0.1) is 0 Å². The summed E-state index contributed by atoms with van der Waals surface area (Å²) in [5.74, 6) is -1.04. The van der Waals surface area contributed by atoms with E-state index >= 15 is 0 Å². The Bertz CT molecular complexity index is 708. The lowest BCUT2D eigenvalue weighted by Crippen LogP contribution is -2.43. The van der Waals surface area contributed by atoms with Gasteiger partial charge in [0, 0.05) is 22.7 Å². The van der Waals surface area contributed by atoms with Gasteiger partial charge in [0.2, 0.25) is 0 Å². The molecule has 7 heteroatoms. The molecule has 1 amide bonds. The molecule has 2 aromatic rings. The van der Waals surface area contributed by atoms with Gasteiger partial charge in [0.25, 0.3) is 5.91 Å². The minimum atomic E-state index is -0.881. The maximum absolute atomic E-state index is 12.2.